The molecule has 0 fully saturated rings. The minimum atomic E-state index is -4.27. The van der Waals surface area contributed by atoms with Crippen LogP contribution in [0.4, 0.5) is 0 Å². The van der Waals surface area contributed by atoms with Gasteiger partial charge in [0, 0.05) is 11.9 Å². The summed E-state index contributed by atoms with van der Waals surface area (Å²) >= 11 is 0. The number of carboxylic acid groups (broad SMARTS) is 2. The normalized spacial score (nSPS) is 9.24. The van der Waals surface area contributed by atoms with Crippen molar-refractivity contribution in [2.24, 2.45) is 0 Å². The third kappa shape index (κ3) is 15.9. The van der Waals surface area contributed by atoms with E-state index in [1.165, 1.54) is 12.1 Å². The Kier molecular flexibility index (Phi) is 17.6. The van der Waals surface area contributed by atoms with Crippen LogP contribution in [-0.4, -0.2) is 123 Å². The molecule has 0 unspecified atom stereocenters. The Morgan fingerprint density at radius 1 is 0.952 bits per heavy atom. The van der Waals surface area contributed by atoms with E-state index in [4.69, 9.17) is 0 Å². The summed E-state index contributed by atoms with van der Waals surface area (Å²) in [4.78, 5) is 18.8. The molecule has 0 saturated carbocycles. The van der Waals surface area contributed by atoms with E-state index in [1.807, 2.05) is 6.92 Å². The van der Waals surface area contributed by atoms with Gasteiger partial charge in [0.15, 0.2) is 0 Å². The Labute approximate surface area is 203 Å². The van der Waals surface area contributed by atoms with Gasteiger partial charge in [-0.05, 0) is 31.9 Å². The molecule has 10 heteroatoms. The summed E-state index contributed by atoms with van der Waals surface area (Å²) in [7, 11) is -4.27. The largest absolute Gasteiger partial charge is 2.00 e. The number of rotatable bonds is 4. The van der Waals surface area contributed by atoms with Crippen molar-refractivity contribution in [3.05, 3.63) is 29.8 Å². The van der Waals surface area contributed by atoms with Gasteiger partial charge in [0.25, 0.3) is 0 Å². The molecule has 0 atom stereocenters. The van der Waals surface area contributed by atoms with Crippen molar-refractivity contribution in [3.8, 4) is 0 Å². The smallest absolute Gasteiger partial charge is 0.744 e. The van der Waals surface area contributed by atoms with Crippen molar-refractivity contribution in [2.45, 2.75) is 24.7 Å². The zero-order valence-corrected chi connectivity index (χ0v) is 21.1. The fourth-order valence-corrected chi connectivity index (χ4v) is 1.38. The second-order valence-corrected chi connectivity index (χ2v) is 4.89. The Morgan fingerprint density at radius 3 is 1.52 bits per heavy atom. The van der Waals surface area contributed by atoms with Crippen LogP contribution in [0.15, 0.2) is 29.2 Å². The first-order chi connectivity index (χ1) is 8.62. The fraction of sp³-hybridized carbons (Fsp3) is 0.273. The van der Waals surface area contributed by atoms with E-state index in [1.54, 1.807) is 12.1 Å². The van der Waals surface area contributed by atoms with Gasteiger partial charge < -0.3 is 24.4 Å². The van der Waals surface area contributed by atoms with Crippen molar-refractivity contribution in [2.75, 3.05) is 0 Å². The molecule has 1 aromatic carbocycles. The van der Waals surface area contributed by atoms with E-state index in [9.17, 15) is 32.8 Å². The van der Waals surface area contributed by atoms with Gasteiger partial charge in [0.2, 0.25) is 0 Å². The van der Waals surface area contributed by atoms with Crippen molar-refractivity contribution in [3.63, 3.8) is 0 Å². The third-order valence-corrected chi connectivity index (χ3v) is 2.69. The van der Waals surface area contributed by atoms with Crippen LogP contribution in [0.5, 0.6) is 0 Å². The summed E-state index contributed by atoms with van der Waals surface area (Å²) in [5.41, 5.74) is 0.928. The molecule has 1 rings (SSSR count). The van der Waals surface area contributed by atoms with E-state index < -0.39 is 34.9 Å². The number of benzene rings is 1. The predicted molar refractivity (Wildman–Crippen MR) is 69.9 cm³/mol. The van der Waals surface area contributed by atoms with Crippen LogP contribution in [0.3, 0.4) is 0 Å². The van der Waals surface area contributed by atoms with Crippen molar-refractivity contribution in [1.82, 2.24) is 0 Å². The zero-order valence-electron chi connectivity index (χ0n) is 11.4. The van der Waals surface area contributed by atoms with Crippen LogP contribution in [-0.2, 0) is 19.7 Å². The molecule has 0 aliphatic heterocycles. The van der Waals surface area contributed by atoms with E-state index in [-0.39, 0.29) is 103 Å². The quantitative estimate of drug-likeness (QED) is 0.290. The number of hydrogen-bond donors (Lipinski definition) is 0. The van der Waals surface area contributed by atoms with Crippen LogP contribution in [0.2, 0.25) is 0 Å². The SMILES string of the molecule is Cc1ccc(S(=O)(=O)[O-])cc1.O=C([O-])CCC(=O)[O-].[Ba+2].[Ba+2]. The molecular weight excluding hydrogens is 551 g/mol. The maximum Gasteiger partial charge on any atom is 2.00 e. The molecule has 21 heavy (non-hydrogen) atoms. The van der Waals surface area contributed by atoms with Crippen LogP contribution >= 0.6 is 0 Å². The first kappa shape index (κ1) is 27.1. The first-order valence-electron chi connectivity index (χ1n) is 5.05. The zero-order chi connectivity index (χ0) is 15.1. The third-order valence-electron chi connectivity index (χ3n) is 1.84. The number of carbonyl (C=O) groups is 2. The minimum Gasteiger partial charge on any atom is -0.744 e. The van der Waals surface area contributed by atoms with Crippen molar-refractivity contribution >= 4 is 120 Å². The van der Waals surface area contributed by atoms with Crippen LogP contribution < -0.4 is 10.2 Å². The maximum atomic E-state index is 10.4. The number of aliphatic carboxylic acids is 2. The van der Waals surface area contributed by atoms with Gasteiger partial charge in [-0.25, -0.2) is 8.42 Å². The summed E-state index contributed by atoms with van der Waals surface area (Å²) in [6, 6.07) is 5.78. The molecule has 0 aliphatic rings. The number of hydrogen-bond acceptors (Lipinski definition) is 7. The van der Waals surface area contributed by atoms with Crippen LogP contribution in [0.25, 0.3) is 0 Å². The van der Waals surface area contributed by atoms with Gasteiger partial charge in [-0.2, -0.15) is 0 Å². The Hall–Kier alpha value is 1.21. The Balaban J connectivity index is -0.000000295. The van der Waals surface area contributed by atoms with E-state index >= 15 is 0 Å². The monoisotopic (exact) mass is 563 g/mol. The van der Waals surface area contributed by atoms with Crippen molar-refractivity contribution < 1.29 is 32.8 Å². The molecule has 106 valence electrons. The second-order valence-electron chi connectivity index (χ2n) is 3.51. The molecule has 0 spiro atoms. The summed E-state index contributed by atoms with van der Waals surface area (Å²) in [5, 5.41) is 19.0. The summed E-state index contributed by atoms with van der Waals surface area (Å²) in [6.45, 7) is 1.82. The van der Waals surface area contributed by atoms with Gasteiger partial charge in [0.1, 0.15) is 10.1 Å². The maximum absolute atomic E-state index is 10.4. The molecular formula is C11H11Ba2O7S+. The molecule has 0 aromatic heterocycles. The van der Waals surface area contributed by atoms with E-state index in [2.05, 4.69) is 0 Å². The van der Waals surface area contributed by atoms with Gasteiger partial charge in [0.05, 0.1) is 4.90 Å². The molecule has 0 saturated heterocycles. The average Bonchev–Trinajstić information content (AvgIpc) is 2.26. The van der Waals surface area contributed by atoms with E-state index in [0.29, 0.717) is 0 Å². The minimum absolute atomic E-state index is 0. The van der Waals surface area contributed by atoms with Gasteiger partial charge in [-0.15, -0.1) is 0 Å². The molecule has 0 radical (unpaired) electrons. The molecule has 0 amide bonds. The van der Waals surface area contributed by atoms with Gasteiger partial charge >= 0.3 is 97.8 Å². The molecule has 1 aromatic rings. The molecule has 0 heterocycles. The molecule has 7 nitrogen and oxygen atoms in total. The van der Waals surface area contributed by atoms with Crippen LogP contribution in [0, 0.1) is 6.92 Å². The number of carboxylic acids is 2. The van der Waals surface area contributed by atoms with Crippen LogP contribution in [0.1, 0.15) is 18.4 Å². The summed E-state index contributed by atoms with van der Waals surface area (Å²) in [6.07, 6.45) is -0.940. The predicted octanol–water partition coefficient (Wildman–Crippen LogP) is -2.60. The molecule has 0 N–H and O–H groups in total. The van der Waals surface area contributed by atoms with Gasteiger partial charge in [-0.1, -0.05) is 17.7 Å². The number of carbonyl (C=O) groups excluding carboxylic acids is 2. The van der Waals surface area contributed by atoms with Crippen molar-refractivity contribution in [1.29, 1.82) is 0 Å². The van der Waals surface area contributed by atoms with E-state index in [0.717, 1.165) is 5.56 Å². The standard InChI is InChI=1S/C7H8O3S.C4H6O4.2Ba/c1-6-2-4-7(5-3-6)11(8,9)10;5-3(6)1-2-4(7)8;;/h2-5H,1H3,(H,8,9,10);1-2H2,(H,5,6)(H,7,8);;/q;;2*+2/p-3. The van der Waals surface area contributed by atoms with Gasteiger partial charge in [-0.3, -0.25) is 0 Å². The Bertz CT molecular complexity index is 526. The summed E-state index contributed by atoms with van der Waals surface area (Å²) in [5.74, 6) is -2.73. The Morgan fingerprint density at radius 2 is 1.29 bits per heavy atom. The topological polar surface area (TPSA) is 137 Å². The average molecular weight is 562 g/mol. The second kappa shape index (κ2) is 13.6. The summed E-state index contributed by atoms with van der Waals surface area (Å²) < 4.78 is 31.2. The first-order valence-corrected chi connectivity index (χ1v) is 6.46. The molecule has 0 aliphatic carbocycles. The molecule has 0 bridgehead atoms. The fourth-order valence-electron chi connectivity index (χ4n) is 0.909. The number of aryl methyl sites for hydroxylation is 1.